The van der Waals surface area contributed by atoms with E-state index < -0.39 is 0 Å². The number of rotatable bonds is 3. The van der Waals surface area contributed by atoms with Crippen LogP contribution in [-0.4, -0.2) is 44.6 Å². The number of carbonyl (C=O) groups excluding carboxylic acids is 1. The van der Waals surface area contributed by atoms with Crippen molar-refractivity contribution >= 4 is 22.6 Å². The van der Waals surface area contributed by atoms with Gasteiger partial charge in [0.1, 0.15) is 5.82 Å². The predicted molar refractivity (Wildman–Crippen MR) is 107 cm³/mol. The lowest BCUT2D eigenvalue weighted by molar-refractivity contribution is 0.0375. The summed E-state index contributed by atoms with van der Waals surface area (Å²) in [5, 5.41) is 10.9. The van der Waals surface area contributed by atoms with Crippen molar-refractivity contribution in [2.24, 2.45) is 11.8 Å². The molecule has 5 rings (SSSR count). The van der Waals surface area contributed by atoms with E-state index in [1.807, 2.05) is 30.6 Å². The number of hydrogen-bond donors (Lipinski definition) is 1. The molecule has 1 aromatic carbocycles. The first-order valence-corrected chi connectivity index (χ1v) is 9.91. The maximum absolute atomic E-state index is 11.7. The van der Waals surface area contributed by atoms with Crippen LogP contribution in [0.1, 0.15) is 36.2 Å². The number of anilines is 1. The first-order chi connectivity index (χ1) is 13.6. The number of imidazole rings is 1. The molecule has 4 atom stereocenters. The third-order valence-corrected chi connectivity index (χ3v) is 6.42. The molecule has 144 valence electrons. The van der Waals surface area contributed by atoms with Gasteiger partial charge in [-0.3, -0.25) is 4.79 Å². The van der Waals surface area contributed by atoms with E-state index in [0.717, 1.165) is 42.8 Å². The van der Waals surface area contributed by atoms with Gasteiger partial charge in [-0.05, 0) is 55.9 Å². The van der Waals surface area contributed by atoms with Crippen molar-refractivity contribution < 1.29 is 9.90 Å². The van der Waals surface area contributed by atoms with Gasteiger partial charge in [-0.2, -0.15) is 0 Å². The Kier molecular flexibility index (Phi) is 4.16. The van der Waals surface area contributed by atoms with Crippen LogP contribution < -0.4 is 4.90 Å². The van der Waals surface area contributed by atoms with Crippen molar-refractivity contribution in [3.8, 4) is 0 Å². The zero-order chi connectivity index (χ0) is 19.3. The lowest BCUT2D eigenvalue weighted by Gasteiger charge is -2.36. The van der Waals surface area contributed by atoms with Gasteiger partial charge < -0.3 is 14.6 Å². The molecule has 3 aromatic rings. The minimum Gasteiger partial charge on any atom is -0.391 e. The van der Waals surface area contributed by atoms with Crippen LogP contribution in [0.5, 0.6) is 0 Å². The maximum atomic E-state index is 11.7. The number of aliphatic hydroxyl groups is 1. The minimum absolute atomic E-state index is 0.0464. The van der Waals surface area contributed by atoms with Gasteiger partial charge in [0.25, 0.3) is 0 Å². The van der Waals surface area contributed by atoms with Gasteiger partial charge >= 0.3 is 0 Å². The SMILES string of the molecule is CC(=O)c1ccnc(N2C[C@H]3C[C@@H](n4cnc5ccccc54)[C@H](O)C[C@H]3C2)c1. The van der Waals surface area contributed by atoms with Crippen molar-refractivity contribution in [2.75, 3.05) is 18.0 Å². The standard InChI is InChI=1S/C22H24N4O2/c1-14(27)15-6-7-23-22(10-15)25-11-16-8-20(21(28)9-17(16)12-25)26-13-24-18-4-2-3-5-19(18)26/h2-7,10,13,16-17,20-21,28H,8-9,11-12H2,1H3/t16-,17+,20-,21-/m1/s1. The van der Waals surface area contributed by atoms with Crippen LogP contribution in [0.3, 0.4) is 0 Å². The molecule has 1 aliphatic heterocycles. The van der Waals surface area contributed by atoms with Crippen LogP contribution >= 0.6 is 0 Å². The topological polar surface area (TPSA) is 71.2 Å². The smallest absolute Gasteiger partial charge is 0.159 e. The molecule has 0 spiro atoms. The van der Waals surface area contributed by atoms with Gasteiger partial charge in [-0.1, -0.05) is 12.1 Å². The van der Waals surface area contributed by atoms with E-state index >= 15 is 0 Å². The molecule has 0 bridgehead atoms. The number of fused-ring (bicyclic) bond motifs is 2. The van der Waals surface area contributed by atoms with E-state index in [-0.39, 0.29) is 17.9 Å². The van der Waals surface area contributed by atoms with Gasteiger partial charge in [0.05, 0.1) is 29.5 Å². The lowest BCUT2D eigenvalue weighted by atomic mass is 9.77. The predicted octanol–water partition coefficient (Wildman–Crippen LogP) is 3.08. The van der Waals surface area contributed by atoms with E-state index in [0.29, 0.717) is 17.4 Å². The summed E-state index contributed by atoms with van der Waals surface area (Å²) in [7, 11) is 0. The highest BCUT2D eigenvalue weighted by atomic mass is 16.3. The van der Waals surface area contributed by atoms with Gasteiger partial charge in [0.2, 0.25) is 0 Å². The molecule has 0 amide bonds. The first kappa shape index (κ1) is 17.4. The van der Waals surface area contributed by atoms with Gasteiger partial charge in [0, 0.05) is 24.8 Å². The average Bonchev–Trinajstić information content (AvgIpc) is 3.31. The highest BCUT2D eigenvalue weighted by Gasteiger charge is 2.43. The molecule has 6 nitrogen and oxygen atoms in total. The molecule has 0 unspecified atom stereocenters. The molecule has 2 aromatic heterocycles. The second-order valence-electron chi connectivity index (χ2n) is 8.13. The third-order valence-electron chi connectivity index (χ3n) is 6.42. The van der Waals surface area contributed by atoms with Gasteiger partial charge in [-0.15, -0.1) is 0 Å². The van der Waals surface area contributed by atoms with Crippen LogP contribution in [-0.2, 0) is 0 Å². The molecule has 2 aliphatic rings. The lowest BCUT2D eigenvalue weighted by Crippen LogP contribution is -2.36. The number of aliphatic hydroxyl groups excluding tert-OH is 1. The second kappa shape index (κ2) is 6.71. The monoisotopic (exact) mass is 376 g/mol. The number of Topliss-reactive ketones (excluding diaryl/α,β-unsaturated/α-hetero) is 1. The third kappa shape index (κ3) is 2.88. The number of nitrogens with zero attached hydrogens (tertiary/aromatic N) is 4. The Labute approximate surface area is 163 Å². The normalized spacial score (nSPS) is 27.1. The fourth-order valence-electron chi connectivity index (χ4n) is 4.95. The van der Waals surface area contributed by atoms with Crippen LogP contribution in [0, 0.1) is 11.8 Å². The quantitative estimate of drug-likeness (QED) is 0.712. The highest BCUT2D eigenvalue weighted by Crippen LogP contribution is 2.43. The second-order valence-corrected chi connectivity index (χ2v) is 8.13. The van der Waals surface area contributed by atoms with Crippen molar-refractivity contribution in [1.29, 1.82) is 0 Å². The summed E-state index contributed by atoms with van der Waals surface area (Å²) in [5.41, 5.74) is 2.74. The molecule has 1 aliphatic carbocycles. The van der Waals surface area contributed by atoms with E-state index in [1.54, 1.807) is 19.2 Å². The summed E-state index contributed by atoms with van der Waals surface area (Å²) in [5.74, 6) is 1.87. The van der Waals surface area contributed by atoms with Crippen molar-refractivity contribution in [3.05, 3.63) is 54.5 Å². The zero-order valence-corrected chi connectivity index (χ0v) is 15.9. The molecular formula is C22H24N4O2. The fraction of sp³-hybridized carbons (Fsp3) is 0.409. The average molecular weight is 376 g/mol. The summed E-state index contributed by atoms with van der Waals surface area (Å²) in [6.45, 7) is 3.38. The summed E-state index contributed by atoms with van der Waals surface area (Å²) >= 11 is 0. The first-order valence-electron chi connectivity index (χ1n) is 9.91. The minimum atomic E-state index is -0.379. The Morgan fingerprint density at radius 1 is 1.11 bits per heavy atom. The van der Waals surface area contributed by atoms with Crippen molar-refractivity contribution in [3.63, 3.8) is 0 Å². The Morgan fingerprint density at radius 2 is 1.89 bits per heavy atom. The molecule has 3 heterocycles. The summed E-state index contributed by atoms with van der Waals surface area (Å²) < 4.78 is 2.15. The Hall–Kier alpha value is -2.73. The van der Waals surface area contributed by atoms with E-state index in [2.05, 4.69) is 25.5 Å². The molecular weight excluding hydrogens is 352 g/mol. The summed E-state index contributed by atoms with van der Waals surface area (Å²) in [6.07, 6.45) is 4.91. The Morgan fingerprint density at radius 3 is 2.71 bits per heavy atom. The van der Waals surface area contributed by atoms with Crippen LogP contribution in [0.4, 0.5) is 5.82 Å². The Bertz CT molecular complexity index is 1030. The highest BCUT2D eigenvalue weighted by molar-refractivity contribution is 5.94. The molecule has 0 radical (unpaired) electrons. The number of aromatic nitrogens is 3. The number of para-hydroxylation sites is 2. The number of benzene rings is 1. The summed E-state index contributed by atoms with van der Waals surface area (Å²) in [4.78, 5) is 23.0. The van der Waals surface area contributed by atoms with Crippen LogP contribution in [0.25, 0.3) is 11.0 Å². The van der Waals surface area contributed by atoms with Crippen LogP contribution in [0.15, 0.2) is 48.9 Å². The molecule has 1 N–H and O–H groups in total. The largest absolute Gasteiger partial charge is 0.391 e. The number of carbonyl (C=O) groups is 1. The van der Waals surface area contributed by atoms with Gasteiger partial charge in [-0.25, -0.2) is 9.97 Å². The molecule has 1 saturated heterocycles. The van der Waals surface area contributed by atoms with E-state index in [4.69, 9.17) is 0 Å². The van der Waals surface area contributed by atoms with Gasteiger partial charge in [0.15, 0.2) is 5.78 Å². The molecule has 1 saturated carbocycles. The van der Waals surface area contributed by atoms with E-state index in [9.17, 15) is 9.90 Å². The van der Waals surface area contributed by atoms with Crippen LogP contribution in [0.2, 0.25) is 0 Å². The molecule has 2 fully saturated rings. The number of ketones is 1. The van der Waals surface area contributed by atoms with Crippen molar-refractivity contribution in [1.82, 2.24) is 14.5 Å². The molecule has 6 heteroatoms. The maximum Gasteiger partial charge on any atom is 0.159 e. The van der Waals surface area contributed by atoms with E-state index in [1.165, 1.54) is 0 Å². The zero-order valence-electron chi connectivity index (χ0n) is 15.9. The Balaban J connectivity index is 1.39. The fourth-order valence-corrected chi connectivity index (χ4v) is 4.95. The molecule has 28 heavy (non-hydrogen) atoms. The summed E-state index contributed by atoms with van der Waals surface area (Å²) in [6, 6.07) is 11.8. The number of hydrogen-bond acceptors (Lipinski definition) is 5. The number of pyridine rings is 1. The van der Waals surface area contributed by atoms with Crippen molar-refractivity contribution in [2.45, 2.75) is 31.9 Å².